The lowest BCUT2D eigenvalue weighted by Gasteiger charge is -2.22. The van der Waals surface area contributed by atoms with Gasteiger partial charge in [-0.25, -0.2) is 0 Å². The predicted molar refractivity (Wildman–Crippen MR) is 41.8 cm³/mol. The lowest BCUT2D eigenvalue weighted by Crippen LogP contribution is -2.48. The topological polar surface area (TPSA) is 136 Å². The van der Waals surface area contributed by atoms with Crippen LogP contribution < -0.4 is 5.26 Å². The molecule has 4 atom stereocenters. The average molecular weight is 210 g/mol. The third-order valence-corrected chi connectivity index (χ3v) is 1.80. The van der Waals surface area contributed by atoms with Crippen LogP contribution in [0, 0.1) is 0 Å². The summed E-state index contributed by atoms with van der Waals surface area (Å²) in [5, 5.41) is 54.6. The van der Waals surface area contributed by atoms with E-state index in [1.807, 2.05) is 0 Å². The first-order valence-electron chi connectivity index (χ1n) is 3.92. The van der Waals surface area contributed by atoms with Crippen LogP contribution in [0.25, 0.3) is 0 Å². The number of ketones is 1. The van der Waals surface area contributed by atoms with E-state index in [9.17, 15) is 10.4 Å². The number of hydrogen-bond donors (Lipinski definition) is 5. The minimum atomic E-state index is -1.80. The van der Waals surface area contributed by atoms with Crippen molar-refractivity contribution in [3.05, 3.63) is 0 Å². The van der Waals surface area contributed by atoms with E-state index in [0.29, 0.717) is 0 Å². The van der Waals surface area contributed by atoms with Crippen molar-refractivity contribution in [2.45, 2.75) is 31.3 Å². The molecule has 5 N–H and O–H groups in total. The fourth-order valence-corrected chi connectivity index (χ4v) is 0.812. The van der Waals surface area contributed by atoms with Crippen LogP contribution in [0.1, 0.15) is 6.92 Å². The highest BCUT2D eigenvalue weighted by atomic mass is 17.1. The summed E-state index contributed by atoms with van der Waals surface area (Å²) in [7, 11) is 0. The van der Waals surface area contributed by atoms with Crippen LogP contribution in [0.2, 0.25) is 0 Å². The van der Waals surface area contributed by atoms with Crippen molar-refractivity contribution in [1.82, 2.24) is 0 Å². The van der Waals surface area contributed by atoms with Crippen LogP contribution in [-0.4, -0.2) is 62.3 Å². The molecular formula is C7H14O7. The van der Waals surface area contributed by atoms with Gasteiger partial charge in [0.1, 0.15) is 18.3 Å². The molecule has 0 rings (SSSR count). The first-order chi connectivity index (χ1) is 6.45. The zero-order chi connectivity index (χ0) is 11.3. The fourth-order valence-electron chi connectivity index (χ4n) is 0.812. The van der Waals surface area contributed by atoms with Gasteiger partial charge in [-0.1, -0.05) is 0 Å². The van der Waals surface area contributed by atoms with E-state index in [4.69, 9.17) is 20.4 Å². The van der Waals surface area contributed by atoms with E-state index in [-0.39, 0.29) is 0 Å². The summed E-state index contributed by atoms with van der Waals surface area (Å²) in [4.78, 5) is 0. The second-order valence-electron chi connectivity index (χ2n) is 2.87. The number of carbonyl (C=O) groups excluding carboxylic acids is 1. The third-order valence-electron chi connectivity index (χ3n) is 1.80. The molecule has 0 amide bonds. The Kier molecular flexibility index (Phi) is 5.58. The highest BCUT2D eigenvalue weighted by Gasteiger charge is 2.35. The van der Waals surface area contributed by atoms with Crippen LogP contribution in [0.4, 0.5) is 0 Å². The number of aliphatic hydroxyl groups excluding tert-OH is 5. The minimum absolute atomic E-state index is 0.443. The van der Waals surface area contributed by atoms with Gasteiger partial charge in [0.25, 0.3) is 0 Å². The second-order valence-corrected chi connectivity index (χ2v) is 2.87. The molecule has 0 fully saturated rings. The van der Waals surface area contributed by atoms with Crippen LogP contribution >= 0.6 is 0 Å². The highest BCUT2D eigenvalue weighted by molar-refractivity contribution is 5.81. The standard InChI is InChI=1S/C7H14O7/c1-3(14-13)5(10)7(12)6(11)4(9)2-8/h4-12H,2H2,1H3/t4-,5+,6-,7-/m1/s1. The quantitative estimate of drug-likeness (QED) is 0.177. The van der Waals surface area contributed by atoms with Crippen LogP contribution in [-0.2, 0) is 4.58 Å². The first kappa shape index (κ1) is 13.3. The molecule has 0 heterocycles. The van der Waals surface area contributed by atoms with Crippen LogP contribution in [0.5, 0.6) is 0 Å². The Bertz CT molecular complexity index is 192. The van der Waals surface area contributed by atoms with Gasteiger partial charge < -0.3 is 30.8 Å². The molecule has 84 valence electrons. The molecule has 0 unspecified atom stereocenters. The maximum atomic E-state index is 9.84. The van der Waals surface area contributed by atoms with E-state index in [2.05, 4.69) is 4.58 Å². The summed E-state index contributed by atoms with van der Waals surface area (Å²) < 4.78 is 3.40. The predicted octanol–water partition coefficient (Wildman–Crippen LogP) is -4.18. The van der Waals surface area contributed by atoms with Gasteiger partial charge in [-0.2, -0.15) is 4.58 Å². The molecule has 7 heteroatoms. The maximum absolute atomic E-state index is 9.84. The van der Waals surface area contributed by atoms with Gasteiger partial charge in [-0.3, -0.25) is 0 Å². The molecule has 0 aromatic heterocycles. The molecule has 0 saturated carbocycles. The van der Waals surface area contributed by atoms with Gasteiger partial charge >= 0.3 is 5.78 Å². The minimum Gasteiger partial charge on any atom is -0.463 e. The van der Waals surface area contributed by atoms with E-state index >= 15 is 0 Å². The first-order valence-corrected chi connectivity index (χ1v) is 3.92. The number of rotatable bonds is 5. The fraction of sp³-hybridized carbons (Fsp3) is 0.857. The monoisotopic (exact) mass is 210 g/mol. The van der Waals surface area contributed by atoms with Crippen molar-refractivity contribution in [2.24, 2.45) is 0 Å². The third kappa shape index (κ3) is 3.20. The van der Waals surface area contributed by atoms with E-state index in [1.54, 1.807) is 0 Å². The van der Waals surface area contributed by atoms with Gasteiger partial charge in [0.05, 0.1) is 13.5 Å². The summed E-state index contributed by atoms with van der Waals surface area (Å²) in [6.07, 6.45) is -6.88. The Morgan fingerprint density at radius 1 is 1.21 bits per heavy atom. The van der Waals surface area contributed by atoms with Crippen molar-refractivity contribution in [3.63, 3.8) is 0 Å². The molecular weight excluding hydrogens is 196 g/mol. The Hall–Kier alpha value is -0.730. The van der Waals surface area contributed by atoms with Gasteiger partial charge in [-0.05, 0) is 0 Å². The maximum Gasteiger partial charge on any atom is 0.357 e. The van der Waals surface area contributed by atoms with Gasteiger partial charge in [0.2, 0.25) is 0 Å². The molecule has 0 aromatic carbocycles. The zero-order valence-corrected chi connectivity index (χ0v) is 7.57. The highest BCUT2D eigenvalue weighted by Crippen LogP contribution is 2.05. The molecule has 0 radical (unpaired) electrons. The molecule has 7 nitrogen and oxygen atoms in total. The number of aliphatic hydroxyl groups is 5. The molecule has 0 aliphatic heterocycles. The zero-order valence-electron chi connectivity index (χ0n) is 7.57. The largest absolute Gasteiger partial charge is 0.463 e. The average Bonchev–Trinajstić information content (AvgIpc) is 2.23. The smallest absolute Gasteiger partial charge is 0.357 e. The van der Waals surface area contributed by atoms with Gasteiger partial charge in [-0.15, -0.1) is 0 Å². The Labute approximate surface area is 80.1 Å². The van der Waals surface area contributed by atoms with Gasteiger partial charge in [0.15, 0.2) is 6.10 Å². The summed E-state index contributed by atoms with van der Waals surface area (Å²) in [6, 6.07) is 0. The lowest BCUT2D eigenvalue weighted by atomic mass is 10.0. The van der Waals surface area contributed by atoms with Crippen molar-refractivity contribution >= 4 is 5.78 Å². The SMILES string of the molecule is CC(=[O+][O-])[C@H](O)[C@@H](O)[C@H](O)[C@H](O)CO. The van der Waals surface area contributed by atoms with Crippen molar-refractivity contribution in [1.29, 1.82) is 0 Å². The summed E-state index contributed by atoms with van der Waals surface area (Å²) in [6.45, 7) is 0.334. The van der Waals surface area contributed by atoms with E-state index < -0.39 is 36.8 Å². The molecule has 0 spiro atoms. The lowest BCUT2D eigenvalue weighted by molar-refractivity contribution is -1.05. The van der Waals surface area contributed by atoms with Gasteiger partial charge in [0, 0.05) is 0 Å². The summed E-state index contributed by atoms with van der Waals surface area (Å²) >= 11 is 0. The Balaban J connectivity index is 4.38. The molecule has 0 saturated heterocycles. The number of hydrogen-bond acceptors (Lipinski definition) is 6. The molecule has 14 heavy (non-hydrogen) atoms. The normalized spacial score (nSPS) is 21.4. The second kappa shape index (κ2) is 5.89. The van der Waals surface area contributed by atoms with Crippen molar-refractivity contribution in [2.75, 3.05) is 6.61 Å². The summed E-state index contributed by atoms with van der Waals surface area (Å²) in [5.74, 6) is -0.443. The van der Waals surface area contributed by atoms with Crippen molar-refractivity contribution < 1.29 is 35.4 Å². The van der Waals surface area contributed by atoms with E-state index in [0.717, 1.165) is 6.92 Å². The van der Waals surface area contributed by atoms with Crippen LogP contribution in [0.3, 0.4) is 0 Å². The van der Waals surface area contributed by atoms with Crippen LogP contribution in [0.15, 0.2) is 0 Å². The van der Waals surface area contributed by atoms with Crippen molar-refractivity contribution in [3.8, 4) is 0 Å². The Morgan fingerprint density at radius 2 is 1.71 bits per heavy atom. The molecule has 0 bridgehead atoms. The van der Waals surface area contributed by atoms with E-state index in [1.165, 1.54) is 0 Å². The molecule has 0 aromatic rings. The summed E-state index contributed by atoms with van der Waals surface area (Å²) in [5.41, 5.74) is 0. The Morgan fingerprint density at radius 3 is 2.07 bits per heavy atom. The molecule has 0 aliphatic rings. The molecule has 0 aliphatic carbocycles.